The van der Waals surface area contributed by atoms with Crippen LogP contribution in [0.5, 0.6) is 11.5 Å². The number of nitrogens with two attached hydrogens (primary N) is 1. The van der Waals surface area contributed by atoms with E-state index in [1.807, 2.05) is 29.8 Å². The van der Waals surface area contributed by atoms with Crippen LogP contribution in [0.2, 0.25) is 0 Å². The summed E-state index contributed by atoms with van der Waals surface area (Å²) in [5, 5.41) is 5.98. The first-order valence-electron chi connectivity index (χ1n) is 10.0. The number of anilines is 3. The van der Waals surface area contributed by atoms with E-state index in [1.54, 1.807) is 18.3 Å². The van der Waals surface area contributed by atoms with Gasteiger partial charge in [0.1, 0.15) is 17.3 Å². The second-order valence-electron chi connectivity index (χ2n) is 7.05. The fourth-order valence-corrected chi connectivity index (χ4v) is 3.18. The summed E-state index contributed by atoms with van der Waals surface area (Å²) in [7, 11) is 1.97. The number of aryl methyl sites for hydroxylation is 2. The third kappa shape index (κ3) is 4.65. The van der Waals surface area contributed by atoms with Gasteiger partial charge in [-0.2, -0.15) is 0 Å². The van der Waals surface area contributed by atoms with Crippen LogP contribution in [0.15, 0.2) is 60.8 Å². The van der Waals surface area contributed by atoms with E-state index in [-0.39, 0.29) is 12.5 Å². The molecule has 0 aliphatic heterocycles. The molecular weight excluding hydrogens is 392 g/mol. The van der Waals surface area contributed by atoms with Crippen LogP contribution in [0.4, 0.5) is 17.5 Å². The number of imidazole rings is 1. The number of fused-ring (bicyclic) bond motifs is 1. The highest BCUT2D eigenvalue weighted by molar-refractivity contribution is 5.91. The number of nitrogens with zero attached hydrogens (tertiary/aromatic N) is 3. The number of aromatic nitrogens is 3. The summed E-state index contributed by atoms with van der Waals surface area (Å²) in [6, 6.07) is 17.4. The zero-order valence-corrected chi connectivity index (χ0v) is 17.4. The maximum atomic E-state index is 11.5. The van der Waals surface area contributed by atoms with Crippen molar-refractivity contribution in [3.05, 3.63) is 66.4 Å². The Labute approximate surface area is 180 Å². The summed E-state index contributed by atoms with van der Waals surface area (Å²) in [5.41, 5.74) is 9.38. The zero-order valence-electron chi connectivity index (χ0n) is 17.4. The van der Waals surface area contributed by atoms with Gasteiger partial charge in [-0.15, -0.1) is 0 Å². The summed E-state index contributed by atoms with van der Waals surface area (Å²) in [6.45, 7) is 2.03. The highest BCUT2D eigenvalue weighted by Crippen LogP contribution is 2.28. The number of amides is 1. The second kappa shape index (κ2) is 8.85. The van der Waals surface area contributed by atoms with E-state index in [1.165, 1.54) is 5.56 Å². The lowest BCUT2D eigenvalue weighted by Gasteiger charge is -2.08. The first-order chi connectivity index (χ1) is 15.1. The molecule has 1 amide bonds. The van der Waals surface area contributed by atoms with Gasteiger partial charge in [-0.1, -0.05) is 19.1 Å². The molecule has 0 bridgehead atoms. The fraction of sp³-hybridized carbons (Fsp3) is 0.174. The van der Waals surface area contributed by atoms with E-state index in [2.05, 4.69) is 46.8 Å². The minimum atomic E-state index is -0.316. The highest BCUT2D eigenvalue weighted by Gasteiger charge is 2.10. The van der Waals surface area contributed by atoms with Crippen molar-refractivity contribution in [1.82, 2.24) is 14.5 Å². The van der Waals surface area contributed by atoms with Gasteiger partial charge in [-0.05, 0) is 42.3 Å². The monoisotopic (exact) mass is 416 g/mol. The summed E-state index contributed by atoms with van der Waals surface area (Å²) < 4.78 is 7.94. The quantitative estimate of drug-likeness (QED) is 0.421. The molecule has 0 saturated heterocycles. The zero-order chi connectivity index (χ0) is 21.8. The molecule has 0 spiro atoms. The van der Waals surface area contributed by atoms with Gasteiger partial charge in [0.2, 0.25) is 11.9 Å². The predicted molar refractivity (Wildman–Crippen MR) is 122 cm³/mol. The first kappa shape index (κ1) is 20.4. The van der Waals surface area contributed by atoms with Crippen LogP contribution in [-0.4, -0.2) is 27.0 Å². The lowest BCUT2D eigenvalue weighted by atomic mass is 10.1. The molecule has 2 aromatic heterocycles. The van der Waals surface area contributed by atoms with Crippen LogP contribution >= 0.6 is 0 Å². The van der Waals surface area contributed by atoms with Crippen molar-refractivity contribution in [1.29, 1.82) is 0 Å². The van der Waals surface area contributed by atoms with Crippen molar-refractivity contribution in [2.24, 2.45) is 12.8 Å². The molecule has 158 valence electrons. The van der Waals surface area contributed by atoms with Gasteiger partial charge in [0.25, 0.3) is 0 Å². The minimum Gasteiger partial charge on any atom is -0.457 e. The van der Waals surface area contributed by atoms with Crippen molar-refractivity contribution in [3.8, 4) is 11.5 Å². The van der Waals surface area contributed by atoms with Gasteiger partial charge < -0.3 is 25.7 Å². The topological polar surface area (TPSA) is 107 Å². The van der Waals surface area contributed by atoms with E-state index in [0.29, 0.717) is 17.3 Å². The maximum Gasteiger partial charge on any atom is 0.239 e. The van der Waals surface area contributed by atoms with E-state index in [0.717, 1.165) is 29.1 Å². The van der Waals surface area contributed by atoms with E-state index < -0.39 is 0 Å². The van der Waals surface area contributed by atoms with Gasteiger partial charge in [-0.3, -0.25) is 4.79 Å². The van der Waals surface area contributed by atoms with Crippen LogP contribution in [0.3, 0.4) is 0 Å². The van der Waals surface area contributed by atoms with E-state index in [4.69, 9.17) is 15.5 Å². The molecule has 2 heterocycles. The summed E-state index contributed by atoms with van der Waals surface area (Å²) in [5.74, 6) is 1.99. The maximum absolute atomic E-state index is 11.5. The molecular formula is C23H24N6O2. The molecule has 4 aromatic rings. The van der Waals surface area contributed by atoms with E-state index in [9.17, 15) is 4.79 Å². The average Bonchev–Trinajstić information content (AvgIpc) is 3.09. The smallest absolute Gasteiger partial charge is 0.239 e. The molecule has 0 aliphatic rings. The number of hydrogen-bond acceptors (Lipinski definition) is 6. The van der Waals surface area contributed by atoms with Crippen LogP contribution in [0.25, 0.3) is 11.0 Å². The molecule has 0 saturated carbocycles. The van der Waals surface area contributed by atoms with Gasteiger partial charge in [-0.25, -0.2) is 9.97 Å². The Morgan fingerprint density at radius 2 is 1.87 bits per heavy atom. The number of rotatable bonds is 7. The highest BCUT2D eigenvalue weighted by atomic mass is 16.5. The largest absolute Gasteiger partial charge is 0.457 e. The third-order valence-electron chi connectivity index (χ3n) is 4.89. The molecule has 8 nitrogen and oxygen atoms in total. The van der Waals surface area contributed by atoms with Crippen molar-refractivity contribution >= 4 is 34.4 Å². The van der Waals surface area contributed by atoms with Crippen LogP contribution in [0, 0.1) is 0 Å². The number of nitrogens with one attached hydrogen (secondary N) is 2. The Kier molecular flexibility index (Phi) is 5.81. The number of carbonyl (C=O) groups excluding carboxylic acids is 1. The predicted octanol–water partition coefficient (Wildman–Crippen LogP) is 3.96. The van der Waals surface area contributed by atoms with Gasteiger partial charge >= 0.3 is 0 Å². The molecule has 8 heteroatoms. The minimum absolute atomic E-state index is 0.109. The Balaban J connectivity index is 1.54. The van der Waals surface area contributed by atoms with Crippen molar-refractivity contribution < 1.29 is 9.53 Å². The normalized spacial score (nSPS) is 10.8. The van der Waals surface area contributed by atoms with Gasteiger partial charge in [0.05, 0.1) is 17.6 Å². The lowest BCUT2D eigenvalue weighted by molar-refractivity contribution is -0.114. The summed E-state index contributed by atoms with van der Waals surface area (Å²) in [4.78, 5) is 20.3. The molecule has 31 heavy (non-hydrogen) atoms. The number of hydrogen-bond donors (Lipinski definition) is 3. The molecule has 0 radical (unpaired) electrons. The molecule has 4 rings (SSSR count). The van der Waals surface area contributed by atoms with Crippen LogP contribution < -0.4 is 21.1 Å². The first-order valence-corrected chi connectivity index (χ1v) is 10.0. The molecule has 0 fully saturated rings. The molecule has 4 N–H and O–H groups in total. The summed E-state index contributed by atoms with van der Waals surface area (Å²) >= 11 is 0. The third-order valence-corrected chi connectivity index (χ3v) is 4.89. The Bertz CT molecular complexity index is 1220. The van der Waals surface area contributed by atoms with Crippen LogP contribution in [0.1, 0.15) is 12.5 Å². The number of ether oxygens (including phenoxy) is 1. The molecule has 0 aliphatic carbocycles. The van der Waals surface area contributed by atoms with Gasteiger partial charge in [0.15, 0.2) is 0 Å². The lowest BCUT2D eigenvalue weighted by Crippen LogP contribution is -2.22. The average molecular weight is 416 g/mol. The number of pyridine rings is 1. The molecule has 0 atom stereocenters. The van der Waals surface area contributed by atoms with E-state index >= 15 is 0 Å². The fourth-order valence-electron chi connectivity index (χ4n) is 3.18. The Hall–Kier alpha value is -3.91. The number of benzene rings is 2. The van der Waals surface area contributed by atoms with Crippen molar-refractivity contribution in [2.75, 3.05) is 17.2 Å². The van der Waals surface area contributed by atoms with Crippen molar-refractivity contribution in [3.63, 3.8) is 0 Å². The van der Waals surface area contributed by atoms with Gasteiger partial charge in [0, 0.05) is 31.1 Å². The Morgan fingerprint density at radius 3 is 2.61 bits per heavy atom. The van der Waals surface area contributed by atoms with Crippen LogP contribution in [-0.2, 0) is 18.3 Å². The Morgan fingerprint density at radius 1 is 1.10 bits per heavy atom. The summed E-state index contributed by atoms with van der Waals surface area (Å²) in [6.07, 6.45) is 2.57. The molecule has 2 aromatic carbocycles. The second-order valence-corrected chi connectivity index (χ2v) is 7.05. The van der Waals surface area contributed by atoms with Crippen molar-refractivity contribution in [2.45, 2.75) is 13.3 Å². The standard InChI is InChI=1S/C23H24N6O2/c1-3-15-4-6-16(7-5-15)26-23-27-19-12-17(8-9-20(19)29(23)2)31-18-10-11-25-21(13-18)28-22(30)14-24/h4-13H,3,14,24H2,1-2H3,(H,26,27)(H,25,28,30). The number of carbonyl (C=O) groups is 1. The SMILES string of the molecule is CCc1ccc(Nc2nc3cc(Oc4ccnc(NC(=O)CN)c4)ccc3n2C)cc1. The molecule has 0 unspecified atom stereocenters.